The lowest BCUT2D eigenvalue weighted by molar-refractivity contribution is 0.446. The van der Waals surface area contributed by atoms with Crippen molar-refractivity contribution in [3.63, 3.8) is 0 Å². The quantitative estimate of drug-likeness (QED) is 0.880. The number of aromatic nitrogens is 1. The maximum atomic E-state index is 5.79. The Morgan fingerprint density at radius 1 is 1.69 bits per heavy atom. The van der Waals surface area contributed by atoms with Crippen LogP contribution in [0, 0.1) is 5.92 Å². The van der Waals surface area contributed by atoms with Crippen LogP contribution in [0.2, 0.25) is 0 Å². The minimum atomic E-state index is 0.204. The molecule has 2 N–H and O–H groups in total. The van der Waals surface area contributed by atoms with Crippen molar-refractivity contribution < 1.29 is 0 Å². The Kier molecular flexibility index (Phi) is 3.82. The Morgan fingerprint density at radius 3 is 3.19 bits per heavy atom. The lowest BCUT2D eigenvalue weighted by atomic mass is 10.0. The number of piperidine rings is 1. The minimum Gasteiger partial charge on any atom is -0.348 e. The fourth-order valence-electron chi connectivity index (χ4n) is 2.23. The second-order valence-corrected chi connectivity index (χ2v) is 5.83. The van der Waals surface area contributed by atoms with Gasteiger partial charge in [-0.05, 0) is 25.7 Å². The van der Waals surface area contributed by atoms with Crippen LogP contribution in [0.3, 0.4) is 0 Å². The molecule has 1 aromatic heterocycles. The van der Waals surface area contributed by atoms with Crippen molar-refractivity contribution in [2.24, 2.45) is 11.7 Å². The molecule has 3 nitrogen and oxygen atoms in total. The van der Waals surface area contributed by atoms with Crippen LogP contribution >= 0.6 is 11.3 Å². The van der Waals surface area contributed by atoms with Crippen LogP contribution in [0.1, 0.15) is 32.4 Å². The zero-order valence-electron chi connectivity index (χ0n) is 10.1. The van der Waals surface area contributed by atoms with Crippen molar-refractivity contribution in [1.82, 2.24) is 4.98 Å². The molecule has 1 fully saturated rings. The smallest absolute Gasteiger partial charge is 0.185 e. The van der Waals surface area contributed by atoms with E-state index in [1.54, 1.807) is 11.3 Å². The number of hydrogen-bond acceptors (Lipinski definition) is 4. The van der Waals surface area contributed by atoms with Gasteiger partial charge < -0.3 is 10.6 Å². The van der Waals surface area contributed by atoms with Gasteiger partial charge in [0, 0.05) is 30.9 Å². The molecule has 0 aromatic carbocycles. The van der Waals surface area contributed by atoms with Crippen LogP contribution in [0.5, 0.6) is 0 Å². The molecule has 90 valence electrons. The predicted octanol–water partition coefficient (Wildman–Crippen LogP) is 2.27. The molecule has 2 atom stereocenters. The summed E-state index contributed by atoms with van der Waals surface area (Å²) in [6.45, 7) is 6.67. The molecule has 1 aliphatic heterocycles. The maximum absolute atomic E-state index is 5.79. The number of thiazole rings is 1. The van der Waals surface area contributed by atoms with Crippen molar-refractivity contribution >= 4 is 16.5 Å². The molecule has 0 bridgehead atoms. The number of nitrogens with two attached hydrogens (primary N) is 1. The Bertz CT molecular complexity index is 335. The van der Waals surface area contributed by atoms with Gasteiger partial charge in [0.05, 0.1) is 5.69 Å². The molecule has 0 radical (unpaired) electrons. The molecule has 2 heterocycles. The van der Waals surface area contributed by atoms with Crippen LogP contribution in [0.15, 0.2) is 5.38 Å². The first-order valence-corrected chi connectivity index (χ1v) is 6.98. The van der Waals surface area contributed by atoms with Gasteiger partial charge >= 0.3 is 0 Å². The highest BCUT2D eigenvalue weighted by atomic mass is 32.1. The average molecular weight is 239 g/mol. The third-order valence-corrected chi connectivity index (χ3v) is 3.95. The number of hydrogen-bond donors (Lipinski definition) is 1. The Hall–Kier alpha value is -0.610. The summed E-state index contributed by atoms with van der Waals surface area (Å²) in [4.78, 5) is 7.09. The monoisotopic (exact) mass is 239 g/mol. The van der Waals surface area contributed by atoms with E-state index < -0.39 is 0 Å². The van der Waals surface area contributed by atoms with Crippen LogP contribution < -0.4 is 10.6 Å². The largest absolute Gasteiger partial charge is 0.348 e. The zero-order chi connectivity index (χ0) is 11.5. The van der Waals surface area contributed by atoms with Gasteiger partial charge in [0.15, 0.2) is 5.13 Å². The highest BCUT2D eigenvalue weighted by molar-refractivity contribution is 7.13. The first-order valence-electron chi connectivity index (χ1n) is 6.10. The van der Waals surface area contributed by atoms with Crippen LogP contribution in [0.4, 0.5) is 5.13 Å². The van der Waals surface area contributed by atoms with Gasteiger partial charge in [-0.25, -0.2) is 4.98 Å². The van der Waals surface area contributed by atoms with E-state index in [-0.39, 0.29) is 6.04 Å². The second-order valence-electron chi connectivity index (χ2n) is 5.00. The van der Waals surface area contributed by atoms with Crippen molar-refractivity contribution in [2.75, 3.05) is 18.0 Å². The van der Waals surface area contributed by atoms with E-state index in [1.807, 2.05) is 6.92 Å². The van der Waals surface area contributed by atoms with Gasteiger partial charge in [0.25, 0.3) is 0 Å². The first kappa shape index (κ1) is 11.9. The lowest BCUT2D eigenvalue weighted by Crippen LogP contribution is -2.34. The van der Waals surface area contributed by atoms with E-state index in [1.165, 1.54) is 18.0 Å². The molecule has 0 aliphatic carbocycles. The Morgan fingerprint density at radius 2 is 2.50 bits per heavy atom. The summed E-state index contributed by atoms with van der Waals surface area (Å²) in [5.74, 6) is 0.800. The zero-order valence-corrected chi connectivity index (χ0v) is 11.0. The molecule has 0 saturated carbocycles. The third-order valence-electron chi connectivity index (χ3n) is 3.00. The highest BCUT2D eigenvalue weighted by Gasteiger charge is 2.19. The molecule has 1 aliphatic rings. The number of rotatable bonds is 3. The maximum Gasteiger partial charge on any atom is 0.185 e. The standard InChI is InChI=1S/C12H21N3S/c1-9-4-3-5-15(7-9)12-14-11(8-16-12)6-10(2)13/h8-10H,3-7,13H2,1-2H3. The second kappa shape index (κ2) is 5.15. The summed E-state index contributed by atoms with van der Waals surface area (Å²) in [6, 6.07) is 0.204. The summed E-state index contributed by atoms with van der Waals surface area (Å²) >= 11 is 1.76. The van der Waals surface area contributed by atoms with Gasteiger partial charge in [-0.1, -0.05) is 6.92 Å². The molecule has 1 aromatic rings. The molecule has 2 rings (SSSR count). The van der Waals surface area contributed by atoms with Gasteiger partial charge in [-0.3, -0.25) is 0 Å². The first-order chi connectivity index (χ1) is 7.65. The molecular weight excluding hydrogens is 218 g/mol. The molecular formula is C12H21N3S. The van der Waals surface area contributed by atoms with Gasteiger partial charge in [-0.15, -0.1) is 11.3 Å². The fourth-order valence-corrected chi connectivity index (χ4v) is 3.10. The number of anilines is 1. The molecule has 0 spiro atoms. The van der Waals surface area contributed by atoms with E-state index >= 15 is 0 Å². The van der Waals surface area contributed by atoms with Crippen molar-refractivity contribution in [1.29, 1.82) is 0 Å². The van der Waals surface area contributed by atoms with E-state index in [2.05, 4.69) is 22.2 Å². The Balaban J connectivity index is 2.00. The molecule has 16 heavy (non-hydrogen) atoms. The van der Waals surface area contributed by atoms with Crippen molar-refractivity contribution in [3.8, 4) is 0 Å². The minimum absolute atomic E-state index is 0.204. The average Bonchev–Trinajstić information content (AvgIpc) is 2.65. The molecule has 1 saturated heterocycles. The summed E-state index contributed by atoms with van der Waals surface area (Å²) in [5.41, 5.74) is 6.93. The van der Waals surface area contributed by atoms with E-state index in [0.717, 1.165) is 31.1 Å². The third kappa shape index (κ3) is 2.95. The molecule has 0 amide bonds. The highest BCUT2D eigenvalue weighted by Crippen LogP contribution is 2.26. The van der Waals surface area contributed by atoms with E-state index in [0.29, 0.717) is 0 Å². The number of nitrogens with zero attached hydrogens (tertiary/aromatic N) is 2. The van der Waals surface area contributed by atoms with Gasteiger partial charge in [0.1, 0.15) is 0 Å². The van der Waals surface area contributed by atoms with Crippen LogP contribution in [-0.4, -0.2) is 24.1 Å². The van der Waals surface area contributed by atoms with Gasteiger partial charge in [0.2, 0.25) is 0 Å². The fraction of sp³-hybridized carbons (Fsp3) is 0.750. The summed E-state index contributed by atoms with van der Waals surface area (Å²) in [5, 5.41) is 3.33. The van der Waals surface area contributed by atoms with Gasteiger partial charge in [-0.2, -0.15) is 0 Å². The van der Waals surface area contributed by atoms with Crippen molar-refractivity contribution in [3.05, 3.63) is 11.1 Å². The summed E-state index contributed by atoms with van der Waals surface area (Å²) < 4.78 is 0. The molecule has 4 heteroatoms. The van der Waals surface area contributed by atoms with Crippen LogP contribution in [0.25, 0.3) is 0 Å². The lowest BCUT2D eigenvalue weighted by Gasteiger charge is -2.30. The SMILES string of the molecule is CC(N)Cc1csc(N2CCCC(C)C2)n1. The summed E-state index contributed by atoms with van der Waals surface area (Å²) in [6.07, 6.45) is 3.54. The van der Waals surface area contributed by atoms with Crippen LogP contribution in [-0.2, 0) is 6.42 Å². The van der Waals surface area contributed by atoms with Crippen molar-refractivity contribution in [2.45, 2.75) is 39.2 Å². The topological polar surface area (TPSA) is 42.1 Å². The molecule has 2 unspecified atom stereocenters. The van der Waals surface area contributed by atoms with E-state index in [4.69, 9.17) is 5.73 Å². The Labute approximate surface area is 102 Å². The summed E-state index contributed by atoms with van der Waals surface area (Å²) in [7, 11) is 0. The predicted molar refractivity (Wildman–Crippen MR) is 70.1 cm³/mol. The van der Waals surface area contributed by atoms with E-state index in [9.17, 15) is 0 Å². The normalized spacial score (nSPS) is 23.4.